The largest absolute Gasteiger partial charge is 0.480 e. The third-order valence-corrected chi connectivity index (χ3v) is 5.23. The minimum atomic E-state index is -1.17. The first-order valence-corrected chi connectivity index (χ1v) is 9.69. The molecule has 3 aromatic carbocycles. The summed E-state index contributed by atoms with van der Waals surface area (Å²) >= 11 is 0. The van der Waals surface area contributed by atoms with Crippen LogP contribution in [0.5, 0.6) is 0 Å². The topological polar surface area (TPSA) is 86.7 Å². The number of carbonyl (C=O) groups excluding carboxylic acids is 2. The number of rotatable bonds is 6. The van der Waals surface area contributed by atoms with Gasteiger partial charge >= 0.3 is 5.97 Å². The molecule has 0 spiro atoms. The summed E-state index contributed by atoms with van der Waals surface area (Å²) in [6.45, 7) is -0.405. The lowest BCUT2D eigenvalue weighted by Gasteiger charge is -2.25. The van der Waals surface area contributed by atoms with E-state index in [1.54, 1.807) is 36.4 Å². The van der Waals surface area contributed by atoms with Crippen molar-refractivity contribution in [2.75, 3.05) is 6.54 Å². The van der Waals surface area contributed by atoms with E-state index in [4.69, 9.17) is 5.11 Å². The van der Waals surface area contributed by atoms with Gasteiger partial charge in [0.15, 0.2) is 0 Å². The molecule has 1 atom stereocenters. The second-order valence-electron chi connectivity index (χ2n) is 7.20. The van der Waals surface area contributed by atoms with Crippen molar-refractivity contribution in [3.05, 3.63) is 95.3 Å². The molecule has 1 aliphatic heterocycles. The van der Waals surface area contributed by atoms with Crippen LogP contribution < -0.4 is 5.32 Å². The van der Waals surface area contributed by atoms with E-state index in [1.165, 1.54) is 17.0 Å². The van der Waals surface area contributed by atoms with Crippen LogP contribution in [0.3, 0.4) is 0 Å². The van der Waals surface area contributed by atoms with Crippen molar-refractivity contribution >= 4 is 17.8 Å². The van der Waals surface area contributed by atoms with Crippen LogP contribution in [0.1, 0.15) is 27.5 Å². The predicted octanol–water partition coefficient (Wildman–Crippen LogP) is 3.39. The average Bonchev–Trinajstić information content (AvgIpc) is 3.05. The fourth-order valence-electron chi connectivity index (χ4n) is 3.83. The van der Waals surface area contributed by atoms with Gasteiger partial charge in [0.1, 0.15) is 18.4 Å². The molecule has 2 N–H and O–H groups in total. The molecule has 0 bridgehead atoms. The van der Waals surface area contributed by atoms with E-state index in [2.05, 4.69) is 5.32 Å². The molecule has 3 aromatic rings. The van der Waals surface area contributed by atoms with Gasteiger partial charge in [-0.25, -0.2) is 4.39 Å². The maximum atomic E-state index is 13.4. The second kappa shape index (κ2) is 8.39. The van der Waals surface area contributed by atoms with E-state index < -0.39 is 24.5 Å². The molecule has 0 saturated heterocycles. The molecule has 1 aliphatic rings. The summed E-state index contributed by atoms with van der Waals surface area (Å²) in [6.07, 6.45) is 0. The average molecular weight is 418 g/mol. The molecule has 0 saturated carbocycles. The molecule has 1 unspecified atom stereocenters. The van der Waals surface area contributed by atoms with Gasteiger partial charge in [-0.1, -0.05) is 54.6 Å². The van der Waals surface area contributed by atoms with E-state index in [1.807, 2.05) is 24.3 Å². The Kier molecular flexibility index (Phi) is 5.49. The van der Waals surface area contributed by atoms with Gasteiger partial charge in [-0.2, -0.15) is 0 Å². The number of hydrogen-bond donors (Lipinski definition) is 2. The minimum Gasteiger partial charge on any atom is -0.480 e. The zero-order valence-corrected chi connectivity index (χ0v) is 16.4. The molecule has 0 radical (unpaired) electrons. The Labute approximate surface area is 177 Å². The Morgan fingerprint density at radius 2 is 1.58 bits per heavy atom. The number of carboxylic acid groups (broad SMARTS) is 1. The number of amides is 2. The lowest BCUT2D eigenvalue weighted by molar-refractivity contribution is -0.138. The third-order valence-electron chi connectivity index (χ3n) is 5.23. The summed E-state index contributed by atoms with van der Waals surface area (Å²) in [5, 5.41) is 11.3. The highest BCUT2D eigenvalue weighted by atomic mass is 19.1. The monoisotopic (exact) mass is 418 g/mol. The van der Waals surface area contributed by atoms with Gasteiger partial charge in [0.2, 0.25) is 5.91 Å². The van der Waals surface area contributed by atoms with Crippen LogP contribution >= 0.6 is 0 Å². The number of hydrogen-bond acceptors (Lipinski definition) is 3. The Morgan fingerprint density at radius 1 is 0.935 bits per heavy atom. The minimum absolute atomic E-state index is 0.131. The molecule has 2 amide bonds. The van der Waals surface area contributed by atoms with Crippen molar-refractivity contribution in [3.8, 4) is 11.1 Å². The molecule has 4 rings (SSSR count). The molecule has 6 nitrogen and oxygen atoms in total. The summed E-state index contributed by atoms with van der Waals surface area (Å²) in [5.41, 5.74) is 3.34. The van der Waals surface area contributed by atoms with Gasteiger partial charge in [0.25, 0.3) is 5.91 Å². The molecule has 0 fully saturated rings. The normalized spacial score (nSPS) is 14.9. The van der Waals surface area contributed by atoms with Gasteiger partial charge in [0, 0.05) is 12.1 Å². The van der Waals surface area contributed by atoms with Crippen molar-refractivity contribution in [1.29, 1.82) is 0 Å². The van der Waals surface area contributed by atoms with Gasteiger partial charge < -0.3 is 15.3 Å². The summed E-state index contributed by atoms with van der Waals surface area (Å²) in [7, 11) is 0. The molecular formula is C24H19FN2O4. The number of fused-ring (bicyclic) bond motifs is 1. The van der Waals surface area contributed by atoms with Gasteiger partial charge in [0.05, 0.1) is 0 Å². The van der Waals surface area contributed by atoms with Crippen molar-refractivity contribution in [3.63, 3.8) is 0 Å². The maximum absolute atomic E-state index is 13.4. The predicted molar refractivity (Wildman–Crippen MR) is 112 cm³/mol. The number of nitrogens with zero attached hydrogens (tertiary/aromatic N) is 1. The fourth-order valence-corrected chi connectivity index (χ4v) is 3.83. The van der Waals surface area contributed by atoms with Crippen LogP contribution in [0.2, 0.25) is 0 Å². The Morgan fingerprint density at radius 3 is 2.29 bits per heavy atom. The number of aliphatic carboxylic acids is 1. The summed E-state index contributed by atoms with van der Waals surface area (Å²) in [4.78, 5) is 38.3. The van der Waals surface area contributed by atoms with E-state index in [0.29, 0.717) is 11.1 Å². The summed E-state index contributed by atoms with van der Waals surface area (Å²) in [5.74, 6) is -2.37. The van der Waals surface area contributed by atoms with Gasteiger partial charge in [-0.15, -0.1) is 0 Å². The van der Waals surface area contributed by atoms with E-state index in [-0.39, 0.29) is 18.3 Å². The Hall–Kier alpha value is -4.00. The Bertz CT molecular complexity index is 1160. The molecule has 7 heteroatoms. The molecule has 156 valence electrons. The number of carboxylic acids is 1. The maximum Gasteiger partial charge on any atom is 0.322 e. The molecule has 31 heavy (non-hydrogen) atoms. The SMILES string of the molecule is O=C(O)CNC(=O)C1c2ccccc2C(=O)N1Cc1ccccc1-c1ccc(F)cc1. The Balaban J connectivity index is 1.70. The summed E-state index contributed by atoms with van der Waals surface area (Å²) < 4.78 is 13.4. The van der Waals surface area contributed by atoms with Crippen molar-refractivity contribution in [2.45, 2.75) is 12.6 Å². The third kappa shape index (κ3) is 4.02. The lowest BCUT2D eigenvalue weighted by Crippen LogP contribution is -2.40. The standard InChI is InChI=1S/C24H19FN2O4/c25-17-11-9-15(10-12-17)18-6-2-1-5-16(18)14-27-22(23(30)26-13-21(28)29)19-7-3-4-8-20(19)24(27)31/h1-12,22H,13-14H2,(H,26,30)(H,28,29). The van der Waals surface area contributed by atoms with Crippen LogP contribution in [-0.2, 0) is 16.1 Å². The smallest absolute Gasteiger partial charge is 0.322 e. The number of carbonyl (C=O) groups is 3. The fraction of sp³-hybridized carbons (Fsp3) is 0.125. The van der Waals surface area contributed by atoms with Crippen LogP contribution in [0.15, 0.2) is 72.8 Å². The second-order valence-corrected chi connectivity index (χ2v) is 7.20. The highest BCUT2D eigenvalue weighted by Crippen LogP contribution is 2.36. The molecular weight excluding hydrogens is 399 g/mol. The molecule has 0 aromatic heterocycles. The van der Waals surface area contributed by atoms with Crippen molar-refractivity contribution in [2.24, 2.45) is 0 Å². The van der Waals surface area contributed by atoms with E-state index in [0.717, 1.165) is 16.7 Å². The zero-order valence-electron chi connectivity index (χ0n) is 16.4. The van der Waals surface area contributed by atoms with Crippen molar-refractivity contribution in [1.82, 2.24) is 10.2 Å². The van der Waals surface area contributed by atoms with Crippen LogP contribution in [0.25, 0.3) is 11.1 Å². The van der Waals surface area contributed by atoms with Crippen LogP contribution in [-0.4, -0.2) is 34.3 Å². The first kappa shape index (κ1) is 20.3. The number of halogens is 1. The lowest BCUT2D eigenvalue weighted by atomic mass is 9.99. The molecule has 1 heterocycles. The van der Waals surface area contributed by atoms with Gasteiger partial charge in [-0.05, 0) is 40.5 Å². The first-order chi connectivity index (χ1) is 15.0. The number of benzene rings is 3. The van der Waals surface area contributed by atoms with Gasteiger partial charge in [-0.3, -0.25) is 14.4 Å². The van der Waals surface area contributed by atoms with Crippen LogP contribution in [0.4, 0.5) is 4.39 Å². The quantitative estimate of drug-likeness (QED) is 0.643. The first-order valence-electron chi connectivity index (χ1n) is 9.69. The van der Waals surface area contributed by atoms with Crippen molar-refractivity contribution < 1.29 is 23.9 Å². The number of nitrogens with one attached hydrogen (secondary N) is 1. The van der Waals surface area contributed by atoms with E-state index in [9.17, 15) is 18.8 Å². The van der Waals surface area contributed by atoms with E-state index >= 15 is 0 Å². The summed E-state index contributed by atoms with van der Waals surface area (Å²) in [6, 6.07) is 19.3. The zero-order chi connectivity index (χ0) is 22.0. The highest BCUT2D eigenvalue weighted by molar-refractivity contribution is 6.05. The molecule has 0 aliphatic carbocycles. The van der Waals surface area contributed by atoms with Crippen LogP contribution in [0, 0.1) is 5.82 Å². The highest BCUT2D eigenvalue weighted by Gasteiger charge is 2.41.